The number of nitrogens with zero attached hydrogens (tertiary/aromatic N) is 6. The van der Waals surface area contributed by atoms with E-state index in [0.717, 1.165) is 29.9 Å². The number of carbonyl (C=O) groups is 1. The first-order chi connectivity index (χ1) is 12.5. The SMILES string of the molecule is CN(CCCc1cnn(C)c1)C(=O)Nc1ccc(-c2nncn2C)cc1. The van der Waals surface area contributed by atoms with Gasteiger partial charge in [0.05, 0.1) is 6.20 Å². The third-order valence-corrected chi connectivity index (χ3v) is 4.17. The van der Waals surface area contributed by atoms with Crippen LogP contribution in [0.25, 0.3) is 11.4 Å². The smallest absolute Gasteiger partial charge is 0.321 e. The van der Waals surface area contributed by atoms with Crippen LogP contribution in [-0.4, -0.2) is 49.1 Å². The Hall–Kier alpha value is -3.16. The Labute approximate surface area is 152 Å². The van der Waals surface area contributed by atoms with Gasteiger partial charge in [-0.15, -0.1) is 10.2 Å². The number of hydrogen-bond donors (Lipinski definition) is 1. The minimum Gasteiger partial charge on any atom is -0.328 e. The van der Waals surface area contributed by atoms with E-state index in [9.17, 15) is 4.79 Å². The summed E-state index contributed by atoms with van der Waals surface area (Å²) in [5, 5.41) is 15.0. The summed E-state index contributed by atoms with van der Waals surface area (Å²) in [4.78, 5) is 14.0. The molecule has 0 unspecified atom stereocenters. The summed E-state index contributed by atoms with van der Waals surface area (Å²) in [5.74, 6) is 0.787. The Kier molecular flexibility index (Phi) is 5.31. The third-order valence-electron chi connectivity index (χ3n) is 4.17. The van der Waals surface area contributed by atoms with E-state index < -0.39 is 0 Å². The molecule has 0 saturated carbocycles. The van der Waals surface area contributed by atoms with Crippen LogP contribution in [0.15, 0.2) is 43.0 Å². The molecule has 0 saturated heterocycles. The molecule has 136 valence electrons. The lowest BCUT2D eigenvalue weighted by Crippen LogP contribution is -2.32. The van der Waals surface area contributed by atoms with Gasteiger partial charge in [-0.3, -0.25) is 4.68 Å². The van der Waals surface area contributed by atoms with Crippen molar-refractivity contribution in [2.75, 3.05) is 18.9 Å². The second kappa shape index (κ2) is 7.81. The number of amides is 2. The van der Waals surface area contributed by atoms with E-state index in [4.69, 9.17) is 0 Å². The molecule has 0 bridgehead atoms. The average molecular weight is 353 g/mol. The van der Waals surface area contributed by atoms with Crippen molar-refractivity contribution in [2.45, 2.75) is 12.8 Å². The van der Waals surface area contributed by atoms with Crippen molar-refractivity contribution in [1.82, 2.24) is 29.4 Å². The first-order valence-electron chi connectivity index (χ1n) is 8.47. The Morgan fingerprint density at radius 3 is 2.62 bits per heavy atom. The van der Waals surface area contributed by atoms with Crippen molar-refractivity contribution in [2.24, 2.45) is 14.1 Å². The van der Waals surface area contributed by atoms with Crippen molar-refractivity contribution < 1.29 is 4.79 Å². The number of nitrogens with one attached hydrogen (secondary N) is 1. The van der Waals surface area contributed by atoms with Crippen LogP contribution in [0, 0.1) is 0 Å². The first-order valence-corrected chi connectivity index (χ1v) is 8.47. The Balaban J connectivity index is 1.49. The maximum Gasteiger partial charge on any atom is 0.321 e. The molecule has 0 spiro atoms. The van der Waals surface area contributed by atoms with Crippen LogP contribution in [0.4, 0.5) is 10.5 Å². The fourth-order valence-electron chi connectivity index (χ4n) is 2.69. The highest BCUT2D eigenvalue weighted by Gasteiger charge is 2.10. The molecule has 0 fully saturated rings. The highest BCUT2D eigenvalue weighted by atomic mass is 16.2. The molecule has 8 heteroatoms. The summed E-state index contributed by atoms with van der Waals surface area (Å²) < 4.78 is 3.64. The lowest BCUT2D eigenvalue weighted by Gasteiger charge is -2.18. The number of aromatic nitrogens is 5. The zero-order valence-electron chi connectivity index (χ0n) is 15.3. The van der Waals surface area contributed by atoms with Crippen molar-refractivity contribution in [1.29, 1.82) is 0 Å². The summed E-state index contributed by atoms with van der Waals surface area (Å²) in [6, 6.07) is 7.45. The number of rotatable bonds is 6. The van der Waals surface area contributed by atoms with Gasteiger partial charge in [-0.1, -0.05) is 0 Å². The van der Waals surface area contributed by atoms with Crippen LogP contribution in [0.2, 0.25) is 0 Å². The fraction of sp³-hybridized carbons (Fsp3) is 0.333. The molecule has 1 aromatic carbocycles. The van der Waals surface area contributed by atoms with Gasteiger partial charge in [-0.05, 0) is 42.7 Å². The maximum absolute atomic E-state index is 12.3. The monoisotopic (exact) mass is 353 g/mol. The molecule has 2 aromatic heterocycles. The topological polar surface area (TPSA) is 80.9 Å². The van der Waals surface area contributed by atoms with Crippen molar-refractivity contribution in [3.8, 4) is 11.4 Å². The maximum atomic E-state index is 12.3. The van der Waals surface area contributed by atoms with Gasteiger partial charge in [0.1, 0.15) is 6.33 Å². The number of hydrogen-bond acceptors (Lipinski definition) is 4. The minimum atomic E-state index is -0.123. The van der Waals surface area contributed by atoms with Crippen LogP contribution in [0.1, 0.15) is 12.0 Å². The van der Waals surface area contributed by atoms with E-state index >= 15 is 0 Å². The standard InChI is InChI=1S/C18H23N7O/c1-23(10-4-5-14-11-20-25(3)12-14)18(26)21-16-8-6-15(7-9-16)17-22-19-13-24(17)2/h6-9,11-13H,4-5,10H2,1-3H3,(H,21,26). The van der Waals surface area contributed by atoms with Crippen molar-refractivity contribution >= 4 is 11.7 Å². The van der Waals surface area contributed by atoms with Crippen LogP contribution in [-0.2, 0) is 20.5 Å². The lowest BCUT2D eigenvalue weighted by atomic mass is 10.2. The van der Waals surface area contributed by atoms with E-state index in [1.807, 2.05) is 55.3 Å². The second-order valence-electron chi connectivity index (χ2n) is 6.32. The van der Waals surface area contributed by atoms with Gasteiger partial charge in [-0.2, -0.15) is 5.10 Å². The highest BCUT2D eigenvalue weighted by molar-refractivity contribution is 5.89. The number of carbonyl (C=O) groups excluding carboxylic acids is 1. The first kappa shape index (κ1) is 17.7. The second-order valence-corrected chi connectivity index (χ2v) is 6.32. The molecule has 0 radical (unpaired) electrons. The van der Waals surface area contributed by atoms with Crippen LogP contribution in [0.3, 0.4) is 0 Å². The van der Waals surface area contributed by atoms with Gasteiger partial charge >= 0.3 is 6.03 Å². The molecular formula is C18H23N7O. The van der Waals surface area contributed by atoms with Gasteiger partial charge in [0.2, 0.25) is 0 Å². The average Bonchev–Trinajstić information content (AvgIpc) is 3.24. The minimum absolute atomic E-state index is 0.123. The Morgan fingerprint density at radius 2 is 2.00 bits per heavy atom. The van der Waals surface area contributed by atoms with Crippen LogP contribution in [0.5, 0.6) is 0 Å². The summed E-state index contributed by atoms with van der Waals surface area (Å²) in [6.45, 7) is 0.678. The molecule has 1 N–H and O–H groups in total. The van der Waals surface area contributed by atoms with Crippen LogP contribution < -0.4 is 5.32 Å². The third kappa shape index (κ3) is 4.27. The molecule has 3 aromatic rings. The number of benzene rings is 1. The van der Waals surface area contributed by atoms with Gasteiger partial charge in [0.15, 0.2) is 5.82 Å². The van der Waals surface area contributed by atoms with Gasteiger partial charge in [0, 0.05) is 45.1 Å². The molecular weight excluding hydrogens is 330 g/mol. The molecule has 0 aliphatic heterocycles. The van der Waals surface area contributed by atoms with Crippen LogP contribution >= 0.6 is 0 Å². The number of aryl methyl sites for hydroxylation is 3. The molecule has 3 rings (SSSR count). The molecule has 8 nitrogen and oxygen atoms in total. The fourth-order valence-corrected chi connectivity index (χ4v) is 2.69. The molecule has 0 aliphatic carbocycles. The normalized spacial score (nSPS) is 10.7. The zero-order valence-corrected chi connectivity index (χ0v) is 15.3. The quantitative estimate of drug-likeness (QED) is 0.737. The summed E-state index contributed by atoms with van der Waals surface area (Å²) in [6.07, 6.45) is 7.31. The van der Waals surface area contributed by atoms with Gasteiger partial charge in [-0.25, -0.2) is 4.79 Å². The molecule has 2 amide bonds. The predicted molar refractivity (Wildman–Crippen MR) is 99.6 cm³/mol. The Morgan fingerprint density at radius 1 is 1.23 bits per heavy atom. The van der Waals surface area contributed by atoms with Crippen molar-refractivity contribution in [3.63, 3.8) is 0 Å². The molecule has 2 heterocycles. The Bertz CT molecular complexity index is 866. The summed E-state index contributed by atoms with van der Waals surface area (Å²) >= 11 is 0. The van der Waals surface area contributed by atoms with E-state index in [1.165, 1.54) is 5.56 Å². The highest BCUT2D eigenvalue weighted by Crippen LogP contribution is 2.18. The predicted octanol–water partition coefficient (Wildman–Crippen LogP) is 2.31. The number of anilines is 1. The van der Waals surface area contributed by atoms with Gasteiger partial charge < -0.3 is 14.8 Å². The number of urea groups is 1. The summed E-state index contributed by atoms with van der Waals surface area (Å²) in [5.41, 5.74) is 2.88. The summed E-state index contributed by atoms with van der Waals surface area (Å²) in [7, 11) is 5.59. The van der Waals surface area contributed by atoms with Crippen molar-refractivity contribution in [3.05, 3.63) is 48.5 Å². The van der Waals surface area contributed by atoms with E-state index in [0.29, 0.717) is 6.54 Å². The lowest BCUT2D eigenvalue weighted by molar-refractivity contribution is 0.222. The largest absolute Gasteiger partial charge is 0.328 e. The van der Waals surface area contributed by atoms with Gasteiger partial charge in [0.25, 0.3) is 0 Å². The molecule has 0 atom stereocenters. The molecule has 0 aliphatic rings. The molecule has 26 heavy (non-hydrogen) atoms. The van der Waals surface area contributed by atoms with E-state index in [1.54, 1.807) is 23.0 Å². The zero-order chi connectivity index (χ0) is 18.5. The van der Waals surface area contributed by atoms with E-state index in [2.05, 4.69) is 20.6 Å². The van der Waals surface area contributed by atoms with E-state index in [-0.39, 0.29) is 6.03 Å².